The van der Waals surface area contributed by atoms with E-state index in [-0.39, 0.29) is 0 Å². The maximum Gasteiger partial charge on any atom is 0.132 e. The molecule has 0 atom stereocenters. The number of aliphatic hydroxyl groups excluding tert-OH is 1. The Kier molecular flexibility index (Phi) is 3.44. The van der Waals surface area contributed by atoms with E-state index in [4.69, 9.17) is 9.84 Å². The Labute approximate surface area is 76.6 Å². The van der Waals surface area contributed by atoms with Gasteiger partial charge in [-0.1, -0.05) is 6.07 Å². The molecule has 1 radical (unpaired) electrons. The van der Waals surface area contributed by atoms with E-state index >= 15 is 0 Å². The monoisotopic (exact) mass is 183 g/mol. The molecule has 1 aromatic carbocycles. The average molecular weight is 183 g/mol. The van der Waals surface area contributed by atoms with Crippen LogP contribution >= 0.6 is 11.8 Å². The van der Waals surface area contributed by atoms with Crippen molar-refractivity contribution in [2.24, 2.45) is 0 Å². The van der Waals surface area contributed by atoms with Crippen LogP contribution in [-0.2, 0) is 0 Å². The smallest absolute Gasteiger partial charge is 0.132 e. The van der Waals surface area contributed by atoms with Crippen LogP contribution in [0.15, 0.2) is 23.1 Å². The van der Waals surface area contributed by atoms with Crippen LogP contribution in [0.3, 0.4) is 0 Å². The van der Waals surface area contributed by atoms with Crippen LogP contribution in [0.25, 0.3) is 0 Å². The van der Waals surface area contributed by atoms with Crippen LogP contribution < -0.4 is 4.74 Å². The van der Waals surface area contributed by atoms with Crippen molar-refractivity contribution >= 4 is 11.8 Å². The van der Waals surface area contributed by atoms with E-state index in [9.17, 15) is 0 Å². The van der Waals surface area contributed by atoms with Gasteiger partial charge in [-0.15, -0.1) is 11.8 Å². The van der Waals surface area contributed by atoms with Crippen LogP contribution in [0, 0.1) is 6.61 Å². The third-order valence-corrected chi connectivity index (χ3v) is 2.33. The van der Waals surface area contributed by atoms with E-state index in [1.165, 1.54) is 0 Å². The molecule has 0 bridgehead atoms. The van der Waals surface area contributed by atoms with Gasteiger partial charge in [0.1, 0.15) is 12.4 Å². The topological polar surface area (TPSA) is 29.5 Å². The van der Waals surface area contributed by atoms with Crippen molar-refractivity contribution in [1.29, 1.82) is 0 Å². The third-order valence-electron chi connectivity index (χ3n) is 1.56. The fourth-order valence-corrected chi connectivity index (χ4v) is 1.48. The maximum atomic E-state index is 8.73. The summed E-state index contributed by atoms with van der Waals surface area (Å²) in [6, 6.07) is 5.56. The maximum absolute atomic E-state index is 8.73. The lowest BCUT2D eigenvalue weighted by molar-refractivity contribution is 0.397. The highest BCUT2D eigenvalue weighted by atomic mass is 32.2. The van der Waals surface area contributed by atoms with Gasteiger partial charge in [0.2, 0.25) is 0 Å². The van der Waals surface area contributed by atoms with Gasteiger partial charge in [-0.05, 0) is 24.0 Å². The van der Waals surface area contributed by atoms with Crippen molar-refractivity contribution in [3.8, 4) is 5.75 Å². The third kappa shape index (κ3) is 1.93. The first-order valence-electron chi connectivity index (χ1n) is 3.51. The summed E-state index contributed by atoms with van der Waals surface area (Å²) in [5, 5.41) is 8.73. The summed E-state index contributed by atoms with van der Waals surface area (Å²) in [5.74, 6) is 0.797. The molecule has 0 unspecified atom stereocenters. The number of benzene rings is 1. The second-order valence-electron chi connectivity index (χ2n) is 2.24. The lowest BCUT2D eigenvalue weighted by Crippen LogP contribution is -1.88. The predicted octanol–water partition coefficient (Wildman–Crippen LogP) is 2.30. The highest BCUT2D eigenvalue weighted by Crippen LogP contribution is 2.28. The van der Waals surface area contributed by atoms with Crippen molar-refractivity contribution in [3.63, 3.8) is 0 Å². The van der Waals surface area contributed by atoms with Crippen molar-refractivity contribution in [2.75, 3.05) is 13.4 Å². The molecule has 0 spiro atoms. The Morgan fingerprint density at radius 1 is 1.50 bits per heavy atom. The van der Waals surface area contributed by atoms with Gasteiger partial charge < -0.3 is 9.84 Å². The van der Waals surface area contributed by atoms with Crippen LogP contribution in [0.4, 0.5) is 0 Å². The average Bonchev–Trinajstić information content (AvgIpc) is 2.16. The van der Waals surface area contributed by atoms with Gasteiger partial charge in [-0.3, -0.25) is 0 Å². The Hall–Kier alpha value is -0.670. The predicted molar refractivity (Wildman–Crippen MR) is 50.1 cm³/mol. The number of ether oxygens (including phenoxy) is 1. The molecule has 0 amide bonds. The number of thioether (sulfide) groups is 1. The molecule has 0 saturated heterocycles. The molecule has 0 heterocycles. The second kappa shape index (κ2) is 4.38. The van der Waals surface area contributed by atoms with Crippen molar-refractivity contribution in [1.82, 2.24) is 0 Å². The lowest BCUT2D eigenvalue weighted by atomic mass is 10.2. The van der Waals surface area contributed by atoms with Gasteiger partial charge in [0.05, 0.1) is 7.11 Å². The molecule has 1 N–H and O–H groups in total. The summed E-state index contributed by atoms with van der Waals surface area (Å²) >= 11 is 1.62. The van der Waals surface area contributed by atoms with Crippen LogP contribution in [-0.4, -0.2) is 18.5 Å². The Morgan fingerprint density at radius 3 is 2.75 bits per heavy atom. The number of hydrogen-bond acceptors (Lipinski definition) is 3. The number of rotatable bonds is 3. The summed E-state index contributed by atoms with van der Waals surface area (Å²) in [5.41, 5.74) is 0.754. The molecule has 0 aliphatic carbocycles. The number of hydrogen-bond donors (Lipinski definition) is 1. The first-order chi connectivity index (χ1) is 5.81. The zero-order chi connectivity index (χ0) is 8.97. The van der Waals surface area contributed by atoms with Crippen LogP contribution in [0.1, 0.15) is 5.56 Å². The SMILES string of the molecule is COc1cc([CH]O)ccc1SC. The minimum atomic E-state index is 0.754. The fourth-order valence-electron chi connectivity index (χ4n) is 0.933. The van der Waals surface area contributed by atoms with Crippen molar-refractivity contribution < 1.29 is 9.84 Å². The minimum absolute atomic E-state index is 0.754. The van der Waals surface area contributed by atoms with Gasteiger partial charge in [-0.25, -0.2) is 0 Å². The molecule has 3 heteroatoms. The molecule has 2 nitrogen and oxygen atoms in total. The summed E-state index contributed by atoms with van der Waals surface area (Å²) < 4.78 is 5.13. The first kappa shape index (κ1) is 9.42. The van der Waals surface area contributed by atoms with Crippen LogP contribution in [0.2, 0.25) is 0 Å². The Balaban J connectivity index is 3.02. The van der Waals surface area contributed by atoms with Gasteiger partial charge in [0.15, 0.2) is 0 Å². The zero-order valence-electron chi connectivity index (χ0n) is 7.07. The van der Waals surface area contributed by atoms with Gasteiger partial charge in [-0.2, -0.15) is 0 Å². The van der Waals surface area contributed by atoms with Gasteiger partial charge in [0.25, 0.3) is 0 Å². The standard InChI is InChI=1S/C9H11O2S/c1-11-8-5-7(6-10)3-4-9(8)12-2/h3-6,10H,1-2H3. The first-order valence-corrected chi connectivity index (χ1v) is 4.73. The van der Waals surface area contributed by atoms with Crippen molar-refractivity contribution in [2.45, 2.75) is 4.90 Å². The van der Waals surface area contributed by atoms with Gasteiger partial charge in [0, 0.05) is 4.90 Å². The molecule has 0 saturated carbocycles. The van der Waals surface area contributed by atoms with E-state index in [0.29, 0.717) is 0 Å². The molecule has 1 aromatic rings. The molecule has 12 heavy (non-hydrogen) atoms. The van der Waals surface area contributed by atoms with E-state index in [1.54, 1.807) is 24.9 Å². The highest BCUT2D eigenvalue weighted by molar-refractivity contribution is 7.98. The molecule has 65 valence electrons. The molecule has 0 aliphatic heterocycles. The molecule has 1 rings (SSSR count). The van der Waals surface area contributed by atoms with E-state index in [1.807, 2.05) is 18.4 Å². The van der Waals surface area contributed by atoms with Crippen LogP contribution in [0.5, 0.6) is 5.75 Å². The van der Waals surface area contributed by atoms with Gasteiger partial charge >= 0.3 is 0 Å². The van der Waals surface area contributed by atoms with Crippen molar-refractivity contribution in [3.05, 3.63) is 30.4 Å². The Morgan fingerprint density at radius 2 is 2.25 bits per heavy atom. The number of methoxy groups -OCH3 is 1. The van der Waals surface area contributed by atoms with E-state index < -0.39 is 0 Å². The highest BCUT2D eigenvalue weighted by Gasteiger charge is 2.01. The normalized spacial score (nSPS) is 9.92. The minimum Gasteiger partial charge on any atom is -0.496 e. The molecule has 0 fully saturated rings. The zero-order valence-corrected chi connectivity index (χ0v) is 7.89. The summed E-state index contributed by atoms with van der Waals surface area (Å²) in [7, 11) is 1.62. The Bertz CT molecular complexity index is 261. The molecule has 0 aliphatic rings. The summed E-state index contributed by atoms with van der Waals surface area (Å²) in [6.07, 6.45) is 1.99. The quantitative estimate of drug-likeness (QED) is 0.729. The summed E-state index contributed by atoms with van der Waals surface area (Å²) in [6.45, 7) is 1.06. The molecular formula is C9H11O2S. The number of aliphatic hydroxyl groups is 1. The molecular weight excluding hydrogens is 172 g/mol. The fraction of sp³-hybridized carbons (Fsp3) is 0.222. The second-order valence-corrected chi connectivity index (χ2v) is 3.09. The largest absolute Gasteiger partial charge is 0.496 e. The summed E-state index contributed by atoms with van der Waals surface area (Å²) in [4.78, 5) is 1.07. The van der Waals surface area contributed by atoms with E-state index in [2.05, 4.69) is 0 Å². The molecule has 0 aromatic heterocycles. The van der Waals surface area contributed by atoms with E-state index in [0.717, 1.165) is 22.8 Å². The lowest BCUT2D eigenvalue weighted by Gasteiger charge is -2.06.